The van der Waals surface area contributed by atoms with Gasteiger partial charge in [-0.1, -0.05) is 42.5 Å². The van der Waals surface area contributed by atoms with Crippen molar-refractivity contribution in [3.63, 3.8) is 0 Å². The number of carbonyl (C=O) groups is 1. The molecule has 0 aliphatic heterocycles. The van der Waals surface area contributed by atoms with Crippen LogP contribution < -0.4 is 15.6 Å². The summed E-state index contributed by atoms with van der Waals surface area (Å²) in [5, 5.41) is 2.76. The predicted octanol–water partition coefficient (Wildman–Crippen LogP) is 3.19. The smallest absolute Gasteiger partial charge is 0.260 e. The molecule has 0 spiro atoms. The van der Waals surface area contributed by atoms with Crippen LogP contribution in [0.2, 0.25) is 0 Å². The maximum atomic E-state index is 12.2. The Kier molecular flexibility index (Phi) is 5.49. The van der Waals surface area contributed by atoms with Crippen molar-refractivity contribution < 1.29 is 9.53 Å². The lowest BCUT2D eigenvalue weighted by Gasteiger charge is -2.09. The maximum Gasteiger partial charge on any atom is 0.260 e. The summed E-state index contributed by atoms with van der Waals surface area (Å²) in [6.07, 6.45) is 0. The molecule has 2 aromatic carbocycles. The van der Waals surface area contributed by atoms with Crippen LogP contribution in [0.25, 0.3) is 0 Å². The van der Waals surface area contributed by atoms with Gasteiger partial charge in [-0.15, -0.1) is 0 Å². The van der Waals surface area contributed by atoms with Crippen molar-refractivity contribution in [3.05, 3.63) is 99.5 Å². The van der Waals surface area contributed by atoms with Gasteiger partial charge in [0, 0.05) is 12.2 Å². The van der Waals surface area contributed by atoms with Crippen LogP contribution >= 0.6 is 0 Å². The highest BCUT2D eigenvalue weighted by Gasteiger charge is 2.10. The van der Waals surface area contributed by atoms with Gasteiger partial charge in [-0.05, 0) is 42.3 Å². The number of aromatic amines is 1. The van der Waals surface area contributed by atoms with Gasteiger partial charge in [0.05, 0.1) is 0 Å². The lowest BCUT2D eigenvalue weighted by Crippen LogP contribution is -2.29. The van der Waals surface area contributed by atoms with Gasteiger partial charge >= 0.3 is 0 Å². The molecule has 0 unspecified atom stereocenters. The number of hydrogen-bond acceptors (Lipinski definition) is 3. The highest BCUT2D eigenvalue weighted by atomic mass is 16.5. The van der Waals surface area contributed by atoms with Crippen LogP contribution in [0.3, 0.4) is 0 Å². The average Bonchev–Trinajstić information content (AvgIpc) is 2.66. The first-order valence-electron chi connectivity index (χ1n) is 8.35. The topological polar surface area (TPSA) is 71.2 Å². The molecule has 0 saturated carbocycles. The molecule has 0 aliphatic rings. The first-order valence-corrected chi connectivity index (χ1v) is 8.35. The van der Waals surface area contributed by atoms with Crippen LogP contribution in [-0.2, 0) is 13.2 Å². The molecule has 26 heavy (non-hydrogen) atoms. The van der Waals surface area contributed by atoms with Crippen LogP contribution in [0, 0.1) is 6.92 Å². The molecule has 2 N–H and O–H groups in total. The number of carbonyl (C=O) groups excluding carboxylic acids is 1. The Hall–Kier alpha value is -3.34. The van der Waals surface area contributed by atoms with E-state index in [2.05, 4.69) is 10.3 Å². The summed E-state index contributed by atoms with van der Waals surface area (Å²) < 4.78 is 5.79. The van der Waals surface area contributed by atoms with E-state index in [4.69, 9.17) is 4.74 Å². The fourth-order valence-electron chi connectivity index (χ4n) is 2.51. The van der Waals surface area contributed by atoms with Crippen molar-refractivity contribution in [3.8, 4) is 5.75 Å². The second-order valence-electron chi connectivity index (χ2n) is 5.99. The molecule has 0 fully saturated rings. The van der Waals surface area contributed by atoms with E-state index in [-0.39, 0.29) is 11.1 Å². The van der Waals surface area contributed by atoms with Gasteiger partial charge in [0.15, 0.2) is 0 Å². The minimum atomic E-state index is -0.401. The zero-order valence-electron chi connectivity index (χ0n) is 14.5. The standard InChI is InChI=1S/C21H20N2O3/c1-15-10-11-19(21(25)23-15)20(24)22-13-17-8-5-9-18(12-17)26-14-16-6-3-2-4-7-16/h2-12H,13-14H2,1H3,(H,22,24)(H,23,25). The normalized spacial score (nSPS) is 10.3. The maximum absolute atomic E-state index is 12.2. The van der Waals surface area contributed by atoms with E-state index in [1.165, 1.54) is 6.07 Å². The Labute approximate surface area is 151 Å². The van der Waals surface area contributed by atoms with Gasteiger partial charge in [0.25, 0.3) is 11.5 Å². The van der Waals surface area contributed by atoms with E-state index in [0.29, 0.717) is 13.2 Å². The summed E-state index contributed by atoms with van der Waals surface area (Å²) in [5.41, 5.74) is 2.42. The van der Waals surface area contributed by atoms with E-state index in [1.807, 2.05) is 54.6 Å². The fourth-order valence-corrected chi connectivity index (χ4v) is 2.51. The van der Waals surface area contributed by atoms with E-state index >= 15 is 0 Å². The number of benzene rings is 2. The van der Waals surface area contributed by atoms with E-state index in [0.717, 1.165) is 22.6 Å². The zero-order chi connectivity index (χ0) is 18.4. The molecule has 0 radical (unpaired) electrons. The summed E-state index contributed by atoms with van der Waals surface area (Å²) in [4.78, 5) is 26.6. The number of aryl methyl sites for hydroxylation is 1. The average molecular weight is 348 g/mol. The molecule has 1 heterocycles. The highest BCUT2D eigenvalue weighted by molar-refractivity contribution is 5.93. The monoisotopic (exact) mass is 348 g/mol. The van der Waals surface area contributed by atoms with Gasteiger partial charge in [0.1, 0.15) is 17.9 Å². The third-order valence-electron chi connectivity index (χ3n) is 3.90. The minimum Gasteiger partial charge on any atom is -0.489 e. The largest absolute Gasteiger partial charge is 0.489 e. The molecule has 0 atom stereocenters. The number of rotatable bonds is 6. The Morgan fingerprint density at radius 2 is 1.77 bits per heavy atom. The van der Waals surface area contributed by atoms with Crippen LogP contribution in [0.4, 0.5) is 0 Å². The van der Waals surface area contributed by atoms with Gasteiger partial charge < -0.3 is 15.0 Å². The fraction of sp³-hybridized carbons (Fsp3) is 0.143. The van der Waals surface area contributed by atoms with Gasteiger partial charge in [0.2, 0.25) is 0 Å². The molecule has 3 aromatic rings. The van der Waals surface area contributed by atoms with E-state index in [9.17, 15) is 9.59 Å². The second kappa shape index (κ2) is 8.16. The number of aromatic nitrogens is 1. The van der Waals surface area contributed by atoms with Crippen LogP contribution in [0.5, 0.6) is 5.75 Å². The quantitative estimate of drug-likeness (QED) is 0.719. The molecule has 1 amide bonds. The third kappa shape index (κ3) is 4.60. The molecule has 5 heteroatoms. The molecule has 3 rings (SSSR count). The van der Waals surface area contributed by atoms with Gasteiger partial charge in [-0.2, -0.15) is 0 Å². The minimum absolute atomic E-state index is 0.104. The summed E-state index contributed by atoms with van der Waals surface area (Å²) in [7, 11) is 0. The molecule has 132 valence electrons. The van der Waals surface area contributed by atoms with Crippen molar-refractivity contribution in [2.24, 2.45) is 0 Å². The first-order chi connectivity index (χ1) is 12.6. The van der Waals surface area contributed by atoms with Gasteiger partial charge in [-0.25, -0.2) is 0 Å². The molecular formula is C21H20N2O3. The number of H-pyrrole nitrogens is 1. The number of amides is 1. The summed E-state index contributed by atoms with van der Waals surface area (Å²) in [6, 6.07) is 20.7. The Morgan fingerprint density at radius 3 is 2.54 bits per heavy atom. The number of pyridine rings is 1. The van der Waals surface area contributed by atoms with Crippen LogP contribution in [0.15, 0.2) is 71.5 Å². The molecule has 0 aliphatic carbocycles. The third-order valence-corrected chi connectivity index (χ3v) is 3.90. The molecule has 5 nitrogen and oxygen atoms in total. The lowest BCUT2D eigenvalue weighted by atomic mass is 10.2. The molecular weight excluding hydrogens is 328 g/mol. The van der Waals surface area contributed by atoms with Gasteiger partial charge in [-0.3, -0.25) is 9.59 Å². The van der Waals surface area contributed by atoms with Crippen molar-refractivity contribution >= 4 is 5.91 Å². The molecule has 0 bridgehead atoms. The Morgan fingerprint density at radius 1 is 1.00 bits per heavy atom. The van der Waals surface area contributed by atoms with Crippen molar-refractivity contribution in [2.75, 3.05) is 0 Å². The SMILES string of the molecule is Cc1ccc(C(=O)NCc2cccc(OCc3ccccc3)c2)c(=O)[nH]1. The zero-order valence-corrected chi connectivity index (χ0v) is 14.5. The van der Waals surface area contributed by atoms with E-state index in [1.54, 1.807) is 13.0 Å². The van der Waals surface area contributed by atoms with Crippen molar-refractivity contribution in [2.45, 2.75) is 20.1 Å². The van der Waals surface area contributed by atoms with Crippen LogP contribution in [-0.4, -0.2) is 10.9 Å². The van der Waals surface area contributed by atoms with E-state index < -0.39 is 5.91 Å². The summed E-state index contributed by atoms with van der Waals surface area (Å²) in [6.45, 7) is 2.56. The second-order valence-corrected chi connectivity index (χ2v) is 5.99. The molecule has 1 aromatic heterocycles. The van der Waals surface area contributed by atoms with Crippen molar-refractivity contribution in [1.29, 1.82) is 0 Å². The Balaban J connectivity index is 1.60. The summed E-state index contributed by atoms with van der Waals surface area (Å²) in [5.74, 6) is 0.329. The highest BCUT2D eigenvalue weighted by Crippen LogP contribution is 2.15. The van der Waals surface area contributed by atoms with Crippen LogP contribution in [0.1, 0.15) is 27.2 Å². The Bertz CT molecular complexity index is 949. The predicted molar refractivity (Wildman–Crippen MR) is 100 cm³/mol. The number of hydrogen-bond donors (Lipinski definition) is 2. The summed E-state index contributed by atoms with van der Waals surface area (Å²) >= 11 is 0. The molecule has 0 saturated heterocycles. The first kappa shape index (κ1) is 17.5. The number of ether oxygens (including phenoxy) is 1. The lowest BCUT2D eigenvalue weighted by molar-refractivity contribution is 0.0949. The van der Waals surface area contributed by atoms with Crippen molar-refractivity contribution in [1.82, 2.24) is 10.3 Å². The number of nitrogens with one attached hydrogen (secondary N) is 2.